The second-order valence-electron chi connectivity index (χ2n) is 7.41. The molecular weight excluding hydrogens is 400 g/mol. The first-order chi connectivity index (χ1) is 14.4. The van der Waals surface area contributed by atoms with Crippen molar-refractivity contribution in [2.24, 2.45) is 0 Å². The zero-order valence-electron chi connectivity index (χ0n) is 18.1. The number of nitrogens with zero attached hydrogens (tertiary/aromatic N) is 6. The molecular formula is C21H28N6O2S. The molecule has 3 heterocycles. The smallest absolute Gasteiger partial charge is 0.257 e. The van der Waals surface area contributed by atoms with Gasteiger partial charge in [0, 0.05) is 26.9 Å². The Bertz CT molecular complexity index is 984. The van der Waals surface area contributed by atoms with Crippen molar-refractivity contribution in [2.45, 2.75) is 20.0 Å². The van der Waals surface area contributed by atoms with E-state index in [2.05, 4.69) is 15.0 Å². The summed E-state index contributed by atoms with van der Waals surface area (Å²) in [6.07, 6.45) is 4.26. The van der Waals surface area contributed by atoms with E-state index < -0.39 is 0 Å². The van der Waals surface area contributed by atoms with Crippen molar-refractivity contribution in [1.29, 1.82) is 0 Å². The molecule has 8 nitrogen and oxygen atoms in total. The molecule has 0 aromatic carbocycles. The SMILES string of the molecule is COCc1c(C(=O)N(C)CCCN(C)C)cnn1-c1ncc(C)c(-c2cccs2)n1. The average molecular weight is 429 g/mol. The Morgan fingerprint density at radius 1 is 1.23 bits per heavy atom. The highest BCUT2D eigenvalue weighted by Crippen LogP contribution is 2.26. The third-order valence-electron chi connectivity index (χ3n) is 4.73. The molecule has 0 aliphatic rings. The number of ether oxygens (including phenoxy) is 1. The van der Waals surface area contributed by atoms with Gasteiger partial charge in [-0.2, -0.15) is 9.78 Å². The van der Waals surface area contributed by atoms with Gasteiger partial charge in [0.05, 0.1) is 34.6 Å². The molecule has 0 saturated heterocycles. The van der Waals surface area contributed by atoms with E-state index in [9.17, 15) is 4.79 Å². The molecule has 1 amide bonds. The van der Waals surface area contributed by atoms with Gasteiger partial charge in [-0.25, -0.2) is 9.97 Å². The first kappa shape index (κ1) is 22.1. The third kappa shape index (κ3) is 4.92. The van der Waals surface area contributed by atoms with Crippen LogP contribution in [0.5, 0.6) is 0 Å². The highest BCUT2D eigenvalue weighted by atomic mass is 32.1. The van der Waals surface area contributed by atoms with Crippen LogP contribution in [0.25, 0.3) is 16.5 Å². The lowest BCUT2D eigenvalue weighted by molar-refractivity contribution is 0.0785. The highest BCUT2D eigenvalue weighted by Gasteiger charge is 2.23. The van der Waals surface area contributed by atoms with Crippen LogP contribution in [0.1, 0.15) is 28.0 Å². The van der Waals surface area contributed by atoms with Crippen LogP contribution in [0.3, 0.4) is 0 Å². The zero-order valence-corrected chi connectivity index (χ0v) is 18.9. The number of aromatic nitrogens is 4. The number of carbonyl (C=O) groups excluding carboxylic acids is 1. The molecule has 160 valence electrons. The van der Waals surface area contributed by atoms with Gasteiger partial charge in [0.25, 0.3) is 11.9 Å². The molecule has 0 fully saturated rings. The Hall–Kier alpha value is -2.62. The van der Waals surface area contributed by atoms with Gasteiger partial charge >= 0.3 is 0 Å². The molecule has 0 N–H and O–H groups in total. The lowest BCUT2D eigenvalue weighted by Gasteiger charge is -2.18. The van der Waals surface area contributed by atoms with Gasteiger partial charge in [-0.05, 0) is 51.0 Å². The minimum absolute atomic E-state index is 0.0855. The van der Waals surface area contributed by atoms with E-state index in [1.807, 2.05) is 45.6 Å². The van der Waals surface area contributed by atoms with E-state index in [1.54, 1.807) is 40.4 Å². The zero-order chi connectivity index (χ0) is 21.7. The van der Waals surface area contributed by atoms with E-state index in [-0.39, 0.29) is 12.5 Å². The van der Waals surface area contributed by atoms with Gasteiger partial charge in [0.2, 0.25) is 0 Å². The molecule has 0 aliphatic carbocycles. The van der Waals surface area contributed by atoms with Crippen molar-refractivity contribution in [3.05, 3.63) is 46.7 Å². The second-order valence-corrected chi connectivity index (χ2v) is 8.36. The van der Waals surface area contributed by atoms with Crippen LogP contribution < -0.4 is 0 Å². The standard InChI is InChI=1S/C21H28N6O2S/c1-15-12-22-21(24-19(15)18-8-6-11-30-18)27-17(14-29-5)16(13-23-27)20(28)26(4)10-7-9-25(2)3/h6,8,11-13H,7,9-10,14H2,1-5H3. The summed E-state index contributed by atoms with van der Waals surface area (Å²) in [4.78, 5) is 27.1. The Kier molecular flexibility index (Phi) is 7.30. The van der Waals surface area contributed by atoms with Gasteiger partial charge in [0.15, 0.2) is 0 Å². The minimum Gasteiger partial charge on any atom is -0.378 e. The summed E-state index contributed by atoms with van der Waals surface area (Å²) < 4.78 is 6.96. The Balaban J connectivity index is 1.91. The molecule has 0 radical (unpaired) electrons. The summed E-state index contributed by atoms with van der Waals surface area (Å²) in [6, 6.07) is 4.02. The molecule has 30 heavy (non-hydrogen) atoms. The van der Waals surface area contributed by atoms with E-state index in [1.165, 1.54) is 0 Å². The fraction of sp³-hybridized carbons (Fsp3) is 0.429. The fourth-order valence-electron chi connectivity index (χ4n) is 3.13. The van der Waals surface area contributed by atoms with E-state index in [4.69, 9.17) is 9.72 Å². The van der Waals surface area contributed by atoms with Crippen molar-refractivity contribution >= 4 is 17.2 Å². The maximum absolute atomic E-state index is 13.0. The summed E-state index contributed by atoms with van der Waals surface area (Å²) in [6.45, 7) is 3.80. The van der Waals surface area contributed by atoms with Crippen LogP contribution in [-0.4, -0.2) is 76.8 Å². The minimum atomic E-state index is -0.0855. The van der Waals surface area contributed by atoms with Crippen molar-refractivity contribution in [1.82, 2.24) is 29.5 Å². The molecule has 0 saturated carbocycles. The molecule has 3 aromatic heterocycles. The van der Waals surface area contributed by atoms with Crippen molar-refractivity contribution < 1.29 is 9.53 Å². The van der Waals surface area contributed by atoms with Crippen LogP contribution in [0.2, 0.25) is 0 Å². The number of carbonyl (C=O) groups is 1. The van der Waals surface area contributed by atoms with Gasteiger partial charge in [0.1, 0.15) is 0 Å². The molecule has 9 heteroatoms. The van der Waals surface area contributed by atoms with Crippen LogP contribution >= 0.6 is 11.3 Å². The maximum Gasteiger partial charge on any atom is 0.257 e. The number of thiophene rings is 1. The summed E-state index contributed by atoms with van der Waals surface area (Å²) in [5.74, 6) is 0.336. The van der Waals surface area contributed by atoms with Gasteiger partial charge in [-0.3, -0.25) is 4.79 Å². The van der Waals surface area contributed by atoms with Crippen LogP contribution in [-0.2, 0) is 11.3 Å². The van der Waals surface area contributed by atoms with Crippen LogP contribution in [0.15, 0.2) is 29.9 Å². The molecule has 3 rings (SSSR count). The first-order valence-corrected chi connectivity index (χ1v) is 10.6. The largest absolute Gasteiger partial charge is 0.378 e. The summed E-state index contributed by atoms with van der Waals surface area (Å²) in [5.41, 5.74) is 3.00. The third-order valence-corrected chi connectivity index (χ3v) is 5.61. The molecule has 0 unspecified atom stereocenters. The summed E-state index contributed by atoms with van der Waals surface area (Å²) in [7, 11) is 7.45. The maximum atomic E-state index is 13.0. The van der Waals surface area contributed by atoms with Gasteiger partial charge in [-0.1, -0.05) is 6.07 Å². The van der Waals surface area contributed by atoms with Crippen molar-refractivity contribution in [3.63, 3.8) is 0 Å². The second kappa shape index (κ2) is 9.92. The predicted octanol–water partition coefficient (Wildman–Crippen LogP) is 2.87. The monoisotopic (exact) mass is 428 g/mol. The lowest BCUT2D eigenvalue weighted by Crippen LogP contribution is -2.30. The van der Waals surface area contributed by atoms with Crippen molar-refractivity contribution in [2.75, 3.05) is 41.3 Å². The topological polar surface area (TPSA) is 76.4 Å². The van der Waals surface area contributed by atoms with Crippen molar-refractivity contribution in [3.8, 4) is 16.5 Å². The average Bonchev–Trinajstić information content (AvgIpc) is 3.38. The first-order valence-electron chi connectivity index (χ1n) is 9.76. The van der Waals surface area contributed by atoms with Crippen LogP contribution in [0, 0.1) is 6.92 Å². The number of aryl methyl sites for hydroxylation is 1. The summed E-state index contributed by atoms with van der Waals surface area (Å²) in [5, 5.41) is 6.45. The van der Waals surface area contributed by atoms with Gasteiger partial charge < -0.3 is 14.5 Å². The molecule has 0 aliphatic heterocycles. The number of methoxy groups -OCH3 is 1. The van der Waals surface area contributed by atoms with E-state index >= 15 is 0 Å². The molecule has 0 spiro atoms. The van der Waals surface area contributed by atoms with E-state index in [0.717, 1.165) is 29.1 Å². The Labute approximate surface area is 181 Å². The predicted molar refractivity (Wildman–Crippen MR) is 118 cm³/mol. The normalized spacial score (nSPS) is 11.3. The quantitative estimate of drug-likeness (QED) is 0.522. The molecule has 0 bridgehead atoms. The number of hydrogen-bond acceptors (Lipinski definition) is 7. The van der Waals surface area contributed by atoms with Gasteiger partial charge in [-0.15, -0.1) is 11.3 Å². The summed E-state index contributed by atoms with van der Waals surface area (Å²) >= 11 is 1.62. The number of rotatable bonds is 9. The Morgan fingerprint density at radius 3 is 2.70 bits per heavy atom. The highest BCUT2D eigenvalue weighted by molar-refractivity contribution is 7.13. The molecule has 3 aromatic rings. The Morgan fingerprint density at radius 2 is 2.03 bits per heavy atom. The lowest BCUT2D eigenvalue weighted by atomic mass is 10.2. The fourth-order valence-corrected chi connectivity index (χ4v) is 3.91. The number of hydrogen-bond donors (Lipinski definition) is 0. The number of amides is 1. The van der Waals surface area contributed by atoms with Crippen LogP contribution in [0.4, 0.5) is 0 Å². The van der Waals surface area contributed by atoms with E-state index in [0.29, 0.717) is 23.8 Å². The molecule has 0 atom stereocenters.